The molecule has 0 bridgehead atoms. The lowest BCUT2D eigenvalue weighted by molar-refractivity contribution is 0.542. The van der Waals surface area contributed by atoms with E-state index in [0.717, 1.165) is 5.92 Å². The van der Waals surface area contributed by atoms with E-state index in [1.54, 1.807) is 0 Å². The predicted molar refractivity (Wildman–Crippen MR) is 43.4 cm³/mol. The summed E-state index contributed by atoms with van der Waals surface area (Å²) in [5.41, 5.74) is 0. The Hall–Kier alpha value is 0.150. The lowest BCUT2D eigenvalue weighted by Gasteiger charge is -2.04. The molecular formula is C8H14OS. The highest BCUT2D eigenvalue weighted by Crippen LogP contribution is 2.40. The fraction of sp³-hybridized carbons (Fsp3) is 1.00. The third-order valence-corrected chi connectivity index (χ3v) is 5.12. The number of hydrogen-bond acceptors (Lipinski definition) is 1. The van der Waals surface area contributed by atoms with Crippen LogP contribution in [0.2, 0.25) is 0 Å². The zero-order valence-corrected chi connectivity index (χ0v) is 7.19. The van der Waals surface area contributed by atoms with Crippen LogP contribution in [-0.2, 0) is 10.8 Å². The van der Waals surface area contributed by atoms with Crippen molar-refractivity contribution in [1.29, 1.82) is 0 Å². The second-order valence-electron chi connectivity index (χ2n) is 3.60. The van der Waals surface area contributed by atoms with Gasteiger partial charge in [0.1, 0.15) is 0 Å². The van der Waals surface area contributed by atoms with Crippen LogP contribution in [0.5, 0.6) is 0 Å². The smallest absolute Gasteiger partial charge is 0.0379 e. The first-order valence-electron chi connectivity index (χ1n) is 4.18. The highest BCUT2D eigenvalue weighted by atomic mass is 32.2. The van der Waals surface area contributed by atoms with E-state index in [1.807, 2.05) is 0 Å². The molecule has 1 saturated heterocycles. The average molecular weight is 158 g/mol. The van der Waals surface area contributed by atoms with Crippen molar-refractivity contribution in [3.05, 3.63) is 0 Å². The summed E-state index contributed by atoms with van der Waals surface area (Å²) in [5.74, 6) is 0.829. The van der Waals surface area contributed by atoms with Crippen LogP contribution in [0.1, 0.15) is 32.6 Å². The molecule has 0 N–H and O–H groups in total. The summed E-state index contributed by atoms with van der Waals surface area (Å²) >= 11 is 0. The quantitative estimate of drug-likeness (QED) is 0.524. The second kappa shape index (κ2) is 2.33. The molecule has 0 aromatic carbocycles. The maximum atomic E-state index is 11.5. The van der Waals surface area contributed by atoms with Crippen LogP contribution in [0.15, 0.2) is 0 Å². The molecule has 2 heteroatoms. The van der Waals surface area contributed by atoms with Crippen molar-refractivity contribution in [3.63, 3.8) is 0 Å². The van der Waals surface area contributed by atoms with Crippen LogP contribution >= 0.6 is 0 Å². The van der Waals surface area contributed by atoms with Crippen molar-refractivity contribution in [1.82, 2.24) is 0 Å². The van der Waals surface area contributed by atoms with Crippen molar-refractivity contribution in [3.8, 4) is 0 Å². The summed E-state index contributed by atoms with van der Waals surface area (Å²) in [6.07, 6.45) is 5.15. The first-order chi connectivity index (χ1) is 4.79. The summed E-state index contributed by atoms with van der Waals surface area (Å²) in [5, 5.41) is 1.09. The molecule has 2 rings (SSSR count). The Bertz CT molecular complexity index is 167. The highest BCUT2D eigenvalue weighted by molar-refractivity contribution is 7.86. The van der Waals surface area contributed by atoms with Gasteiger partial charge in [-0.2, -0.15) is 0 Å². The lowest BCUT2D eigenvalue weighted by Crippen LogP contribution is -2.12. The molecule has 1 nitrogen and oxygen atoms in total. The van der Waals surface area contributed by atoms with Crippen molar-refractivity contribution in [2.45, 2.75) is 43.1 Å². The van der Waals surface area contributed by atoms with Gasteiger partial charge in [0.25, 0.3) is 0 Å². The number of hydrogen-bond donors (Lipinski definition) is 0. The Kier molecular flexibility index (Phi) is 1.59. The van der Waals surface area contributed by atoms with Crippen molar-refractivity contribution in [2.75, 3.05) is 0 Å². The van der Waals surface area contributed by atoms with E-state index in [0.29, 0.717) is 10.5 Å². The van der Waals surface area contributed by atoms with Gasteiger partial charge < -0.3 is 0 Å². The largest absolute Gasteiger partial charge is 0.259 e. The minimum atomic E-state index is -0.473. The normalized spacial score (nSPS) is 53.3. The molecule has 0 aromatic heterocycles. The molecule has 58 valence electrons. The van der Waals surface area contributed by atoms with Gasteiger partial charge >= 0.3 is 0 Å². The molecule has 1 aliphatic carbocycles. The van der Waals surface area contributed by atoms with Crippen LogP contribution in [0.3, 0.4) is 0 Å². The Balaban J connectivity index is 2.17. The van der Waals surface area contributed by atoms with Gasteiger partial charge in [0.2, 0.25) is 0 Å². The van der Waals surface area contributed by atoms with Crippen LogP contribution in [-0.4, -0.2) is 14.7 Å². The van der Waals surface area contributed by atoms with Crippen molar-refractivity contribution < 1.29 is 4.21 Å². The van der Waals surface area contributed by atoms with Gasteiger partial charge in [0.15, 0.2) is 0 Å². The van der Waals surface area contributed by atoms with Gasteiger partial charge in [-0.15, -0.1) is 0 Å². The van der Waals surface area contributed by atoms with Crippen LogP contribution < -0.4 is 0 Å². The average Bonchev–Trinajstić information content (AvgIpc) is 2.41. The minimum Gasteiger partial charge on any atom is -0.259 e. The Morgan fingerprint density at radius 1 is 1.40 bits per heavy atom. The predicted octanol–water partition coefficient (Wildman–Crippen LogP) is 1.70. The third-order valence-electron chi connectivity index (χ3n) is 2.92. The SMILES string of the molecule is C[C@H]1C[C@@H]2CCC[C@@H]2S1=O. The molecule has 4 atom stereocenters. The maximum absolute atomic E-state index is 11.5. The molecule has 1 unspecified atom stereocenters. The zero-order valence-electron chi connectivity index (χ0n) is 6.38. The molecule has 0 amide bonds. The molecule has 1 heterocycles. The minimum absolute atomic E-state index is 0.473. The lowest BCUT2D eigenvalue weighted by atomic mass is 10.0. The summed E-state index contributed by atoms with van der Waals surface area (Å²) in [6.45, 7) is 2.13. The van der Waals surface area contributed by atoms with Gasteiger partial charge in [-0.3, -0.25) is 4.21 Å². The fourth-order valence-corrected chi connectivity index (χ4v) is 4.46. The summed E-state index contributed by atoms with van der Waals surface area (Å²) < 4.78 is 11.5. The standard InChI is InChI=1S/C8H14OS/c1-6-5-7-3-2-4-8(7)10(6)9/h6-8H,2-5H2,1H3/t6-,7-,8-,10?/m0/s1. The maximum Gasteiger partial charge on any atom is 0.0379 e. The van der Waals surface area contributed by atoms with E-state index in [9.17, 15) is 4.21 Å². The molecule has 0 radical (unpaired) electrons. The number of fused-ring (bicyclic) bond motifs is 1. The van der Waals surface area contributed by atoms with E-state index in [4.69, 9.17) is 0 Å². The fourth-order valence-electron chi connectivity index (χ4n) is 2.40. The molecule has 10 heavy (non-hydrogen) atoms. The molecule has 2 fully saturated rings. The van der Waals surface area contributed by atoms with Crippen molar-refractivity contribution >= 4 is 10.8 Å². The summed E-state index contributed by atoms with van der Waals surface area (Å²) in [4.78, 5) is 0. The molecular weight excluding hydrogens is 144 g/mol. The van der Waals surface area contributed by atoms with Crippen LogP contribution in [0.4, 0.5) is 0 Å². The molecule has 1 aliphatic heterocycles. The first kappa shape index (κ1) is 6.84. The third kappa shape index (κ3) is 0.849. The van der Waals surface area contributed by atoms with Crippen LogP contribution in [0.25, 0.3) is 0 Å². The highest BCUT2D eigenvalue weighted by Gasteiger charge is 2.41. The summed E-state index contributed by atoms with van der Waals surface area (Å²) in [7, 11) is -0.473. The Morgan fingerprint density at radius 3 is 2.90 bits per heavy atom. The topological polar surface area (TPSA) is 17.1 Å². The number of rotatable bonds is 0. The summed E-state index contributed by atoms with van der Waals surface area (Å²) in [6, 6.07) is 0. The van der Waals surface area contributed by atoms with Gasteiger partial charge in [-0.1, -0.05) is 13.3 Å². The first-order valence-corrected chi connectivity index (χ1v) is 5.46. The van der Waals surface area contributed by atoms with E-state index in [2.05, 4.69) is 6.92 Å². The van der Waals surface area contributed by atoms with Gasteiger partial charge in [-0.05, 0) is 25.2 Å². The van der Waals surface area contributed by atoms with Crippen molar-refractivity contribution in [2.24, 2.45) is 5.92 Å². The second-order valence-corrected chi connectivity index (χ2v) is 5.67. The monoisotopic (exact) mass is 158 g/mol. The Labute approximate surface area is 64.7 Å². The Morgan fingerprint density at radius 2 is 2.20 bits per heavy atom. The van der Waals surface area contributed by atoms with Gasteiger partial charge in [-0.25, -0.2) is 0 Å². The van der Waals surface area contributed by atoms with E-state index in [1.165, 1.54) is 25.7 Å². The van der Waals surface area contributed by atoms with E-state index in [-0.39, 0.29) is 0 Å². The molecule has 1 saturated carbocycles. The van der Waals surface area contributed by atoms with Crippen LogP contribution in [0, 0.1) is 5.92 Å². The van der Waals surface area contributed by atoms with Gasteiger partial charge in [0, 0.05) is 21.3 Å². The van der Waals surface area contributed by atoms with E-state index >= 15 is 0 Å². The molecule has 0 spiro atoms. The zero-order chi connectivity index (χ0) is 7.14. The van der Waals surface area contributed by atoms with Gasteiger partial charge in [0.05, 0.1) is 0 Å². The molecule has 0 aromatic rings. The molecule has 2 aliphatic rings. The van der Waals surface area contributed by atoms with E-state index < -0.39 is 10.8 Å².